The first-order chi connectivity index (χ1) is 5.83. The summed E-state index contributed by atoms with van der Waals surface area (Å²) in [4.78, 5) is 10.8. The summed E-state index contributed by atoms with van der Waals surface area (Å²) in [6.07, 6.45) is 0.437. The Labute approximate surface area is 73.0 Å². The molecule has 1 aromatic carbocycles. The fourth-order valence-corrected chi connectivity index (χ4v) is 0.840. The Morgan fingerprint density at radius 3 is 2.58 bits per heavy atom. The first kappa shape index (κ1) is 8.85. The van der Waals surface area contributed by atoms with E-state index in [1.54, 1.807) is 7.85 Å². The monoisotopic (exact) mass is 162 g/mol. The molecule has 0 saturated heterocycles. The zero-order valence-electron chi connectivity index (χ0n) is 7.12. The third-order valence-electron chi connectivity index (χ3n) is 1.53. The van der Waals surface area contributed by atoms with Crippen LogP contribution in [0, 0.1) is 0 Å². The van der Waals surface area contributed by atoms with Crippen molar-refractivity contribution in [2.75, 3.05) is 0 Å². The van der Waals surface area contributed by atoms with E-state index in [1.165, 1.54) is 0 Å². The van der Waals surface area contributed by atoms with Crippen molar-refractivity contribution >= 4 is 13.8 Å². The maximum Gasteiger partial charge on any atom is 0.298 e. The van der Waals surface area contributed by atoms with Crippen molar-refractivity contribution in [2.24, 2.45) is 0 Å². The Morgan fingerprint density at radius 1 is 1.33 bits per heavy atom. The van der Waals surface area contributed by atoms with E-state index < -0.39 is 0 Å². The van der Waals surface area contributed by atoms with Gasteiger partial charge in [0.25, 0.3) is 5.97 Å². The van der Waals surface area contributed by atoms with Crippen LogP contribution in [0.4, 0.5) is 0 Å². The zero-order chi connectivity index (χ0) is 8.81. The van der Waals surface area contributed by atoms with Gasteiger partial charge >= 0.3 is 0 Å². The Morgan fingerprint density at radius 2 is 2.00 bits per heavy atom. The summed E-state index contributed by atoms with van der Waals surface area (Å²) in [6, 6.07) is 9.65. The molecule has 0 N–H and O–H groups in total. The lowest BCUT2D eigenvalue weighted by Gasteiger charge is -2.01. The van der Waals surface area contributed by atoms with E-state index in [0.29, 0.717) is 12.9 Å². The van der Waals surface area contributed by atoms with E-state index in [2.05, 4.69) is 0 Å². The Balaban J connectivity index is 2.38. The highest BCUT2D eigenvalue weighted by atomic mass is 16.5. The molecule has 0 aliphatic carbocycles. The molecule has 3 heteroatoms. The molecule has 0 amide bonds. The Hall–Kier alpha value is -1.25. The summed E-state index contributed by atoms with van der Waals surface area (Å²) in [5.74, 6) is -0.154. The number of carbonyl (C=O) groups excluding carboxylic acids is 1. The summed E-state index contributed by atoms with van der Waals surface area (Å²) >= 11 is 0. The quantitative estimate of drug-likeness (QED) is 0.484. The molecule has 0 unspecified atom stereocenters. The van der Waals surface area contributed by atoms with Crippen molar-refractivity contribution in [1.82, 2.24) is 0 Å². The topological polar surface area (TPSA) is 26.3 Å². The van der Waals surface area contributed by atoms with E-state index in [-0.39, 0.29) is 5.97 Å². The third-order valence-corrected chi connectivity index (χ3v) is 1.53. The smallest absolute Gasteiger partial charge is 0.298 e. The van der Waals surface area contributed by atoms with Gasteiger partial charge in [0, 0.05) is 6.32 Å². The first-order valence-corrected chi connectivity index (χ1v) is 4.02. The van der Waals surface area contributed by atoms with Gasteiger partial charge in [0.1, 0.15) is 14.5 Å². The Bertz CT molecular complexity index is 246. The fourth-order valence-electron chi connectivity index (χ4n) is 0.840. The standard InChI is InChI=1S/C9H11BO2/c10-6-9(11)12-7-8-4-2-1-3-5-8/h1-5H,6-7,10H2. The largest absolute Gasteiger partial charge is 0.461 e. The molecule has 0 atom stereocenters. The summed E-state index contributed by atoms with van der Waals surface area (Å²) in [7, 11) is 1.79. The van der Waals surface area contributed by atoms with Gasteiger partial charge in [-0.05, 0) is 5.56 Å². The molecule has 0 aliphatic rings. The van der Waals surface area contributed by atoms with E-state index in [9.17, 15) is 4.79 Å². The van der Waals surface area contributed by atoms with Gasteiger partial charge in [0.2, 0.25) is 0 Å². The molecule has 0 fully saturated rings. The number of benzene rings is 1. The summed E-state index contributed by atoms with van der Waals surface area (Å²) in [6.45, 7) is 0.382. The van der Waals surface area contributed by atoms with Crippen LogP contribution < -0.4 is 0 Å². The second-order valence-electron chi connectivity index (χ2n) is 2.50. The molecule has 1 rings (SSSR count). The van der Waals surface area contributed by atoms with E-state index in [0.717, 1.165) is 5.56 Å². The minimum atomic E-state index is -0.154. The lowest BCUT2D eigenvalue weighted by atomic mass is 10.1. The van der Waals surface area contributed by atoms with Crippen molar-refractivity contribution in [3.05, 3.63) is 35.9 Å². The summed E-state index contributed by atoms with van der Waals surface area (Å²) in [5, 5.41) is 0. The minimum Gasteiger partial charge on any atom is -0.461 e. The maximum atomic E-state index is 10.8. The van der Waals surface area contributed by atoms with Crippen LogP contribution in [-0.2, 0) is 16.1 Å². The average Bonchev–Trinajstić information content (AvgIpc) is 2.16. The molecule has 1 aromatic rings. The molecule has 12 heavy (non-hydrogen) atoms. The molecule has 2 nitrogen and oxygen atoms in total. The normalized spacial score (nSPS) is 9.33. The van der Waals surface area contributed by atoms with Crippen molar-refractivity contribution in [3.63, 3.8) is 0 Å². The number of hydrogen-bond donors (Lipinski definition) is 0. The molecule has 62 valence electrons. The molecular weight excluding hydrogens is 151 g/mol. The molecule has 0 heterocycles. The number of ether oxygens (including phenoxy) is 1. The highest BCUT2D eigenvalue weighted by molar-refractivity contribution is 6.18. The lowest BCUT2D eigenvalue weighted by molar-refractivity contribution is -0.142. The molecule has 0 bridgehead atoms. The van der Waals surface area contributed by atoms with Crippen LogP contribution in [-0.4, -0.2) is 13.8 Å². The molecule has 0 radical (unpaired) electrons. The van der Waals surface area contributed by atoms with Crippen LogP contribution in [0.15, 0.2) is 30.3 Å². The number of carbonyl (C=O) groups is 1. The summed E-state index contributed by atoms with van der Waals surface area (Å²) in [5.41, 5.74) is 1.03. The average molecular weight is 162 g/mol. The van der Waals surface area contributed by atoms with Crippen LogP contribution in [0.3, 0.4) is 0 Å². The van der Waals surface area contributed by atoms with Gasteiger partial charge in [-0.25, -0.2) is 0 Å². The molecule has 0 aliphatic heterocycles. The van der Waals surface area contributed by atoms with Crippen molar-refractivity contribution < 1.29 is 9.53 Å². The summed E-state index contributed by atoms with van der Waals surface area (Å²) < 4.78 is 4.94. The third kappa shape index (κ3) is 2.78. The van der Waals surface area contributed by atoms with Crippen LogP contribution in [0.5, 0.6) is 0 Å². The molecule has 0 aromatic heterocycles. The minimum absolute atomic E-state index is 0.154. The number of hydrogen-bond acceptors (Lipinski definition) is 2. The van der Waals surface area contributed by atoms with E-state index in [1.807, 2.05) is 30.3 Å². The molecular formula is C9H11BO2. The van der Waals surface area contributed by atoms with Crippen LogP contribution in [0.1, 0.15) is 5.56 Å². The predicted octanol–water partition coefficient (Wildman–Crippen LogP) is 0.781. The van der Waals surface area contributed by atoms with Gasteiger partial charge in [-0.2, -0.15) is 0 Å². The number of esters is 1. The zero-order valence-corrected chi connectivity index (χ0v) is 7.12. The fraction of sp³-hybridized carbons (Fsp3) is 0.222. The van der Waals surface area contributed by atoms with Gasteiger partial charge in [-0.3, -0.25) is 4.79 Å². The van der Waals surface area contributed by atoms with Gasteiger partial charge in [0.05, 0.1) is 0 Å². The molecule has 0 saturated carbocycles. The predicted molar refractivity (Wildman–Crippen MR) is 49.6 cm³/mol. The lowest BCUT2D eigenvalue weighted by Crippen LogP contribution is -2.02. The van der Waals surface area contributed by atoms with Crippen LogP contribution >= 0.6 is 0 Å². The highest BCUT2D eigenvalue weighted by Crippen LogP contribution is 2.00. The van der Waals surface area contributed by atoms with E-state index >= 15 is 0 Å². The Kier molecular flexibility index (Phi) is 3.39. The highest BCUT2D eigenvalue weighted by Gasteiger charge is 1.97. The second kappa shape index (κ2) is 4.60. The SMILES string of the molecule is BCC(=O)OCc1ccccc1. The van der Waals surface area contributed by atoms with Crippen molar-refractivity contribution in [2.45, 2.75) is 12.9 Å². The molecule has 0 spiro atoms. The van der Waals surface area contributed by atoms with Gasteiger partial charge < -0.3 is 4.74 Å². The first-order valence-electron chi connectivity index (χ1n) is 4.02. The second-order valence-corrected chi connectivity index (χ2v) is 2.50. The van der Waals surface area contributed by atoms with Crippen LogP contribution in [0.2, 0.25) is 6.32 Å². The van der Waals surface area contributed by atoms with Gasteiger partial charge in [-0.1, -0.05) is 30.3 Å². The van der Waals surface area contributed by atoms with Crippen LogP contribution in [0.25, 0.3) is 0 Å². The van der Waals surface area contributed by atoms with E-state index in [4.69, 9.17) is 4.74 Å². The van der Waals surface area contributed by atoms with Crippen molar-refractivity contribution in [1.29, 1.82) is 0 Å². The van der Waals surface area contributed by atoms with Gasteiger partial charge in [0.15, 0.2) is 0 Å². The number of rotatable bonds is 3. The van der Waals surface area contributed by atoms with Crippen molar-refractivity contribution in [3.8, 4) is 0 Å². The maximum absolute atomic E-state index is 10.8. The van der Waals surface area contributed by atoms with Gasteiger partial charge in [-0.15, -0.1) is 0 Å².